The van der Waals surface area contributed by atoms with Crippen molar-refractivity contribution < 1.29 is 4.79 Å². The predicted molar refractivity (Wildman–Crippen MR) is 57.8 cm³/mol. The zero-order valence-electron chi connectivity index (χ0n) is 7.62. The molecule has 0 aliphatic carbocycles. The van der Waals surface area contributed by atoms with Gasteiger partial charge in [-0.05, 0) is 29.8 Å². The molecule has 0 fully saturated rings. The van der Waals surface area contributed by atoms with Crippen molar-refractivity contribution in [3.63, 3.8) is 0 Å². The van der Waals surface area contributed by atoms with Gasteiger partial charge >= 0.3 is 5.37 Å². The molecule has 1 aromatic heterocycles. The van der Waals surface area contributed by atoms with Crippen LogP contribution in [0, 0.1) is 0 Å². The van der Waals surface area contributed by atoms with Gasteiger partial charge in [0.05, 0.1) is 5.69 Å². The number of benzene rings is 1. The highest BCUT2D eigenvalue weighted by Crippen LogP contribution is 2.23. The number of nitrogens with zero attached hydrogens (tertiary/aromatic N) is 1. The molecule has 1 amide bonds. The van der Waals surface area contributed by atoms with Gasteiger partial charge in [0.2, 0.25) is 0 Å². The number of carbonyl (C=O) groups is 1. The first-order valence-electron chi connectivity index (χ1n) is 4.19. The van der Waals surface area contributed by atoms with E-state index in [-0.39, 0.29) is 0 Å². The van der Waals surface area contributed by atoms with E-state index < -0.39 is 5.37 Å². The lowest BCUT2D eigenvalue weighted by Gasteiger charge is -2.03. The minimum Gasteiger partial charge on any atom is -0.350 e. The Labute approximate surface area is 86.3 Å². The normalized spacial score (nSPS) is 10.4. The second-order valence-corrected chi connectivity index (χ2v) is 3.41. The molecule has 0 saturated heterocycles. The van der Waals surface area contributed by atoms with E-state index in [2.05, 4.69) is 5.32 Å². The monoisotopic (exact) mass is 208 g/mol. The topological polar surface area (TPSA) is 34.0 Å². The van der Waals surface area contributed by atoms with E-state index in [1.807, 2.05) is 42.1 Å². The molecule has 1 N–H and O–H groups in total. The van der Waals surface area contributed by atoms with Gasteiger partial charge in [-0.2, -0.15) is 0 Å². The van der Waals surface area contributed by atoms with Gasteiger partial charge in [0.1, 0.15) is 0 Å². The zero-order chi connectivity index (χ0) is 10.1. The van der Waals surface area contributed by atoms with E-state index >= 15 is 0 Å². The maximum atomic E-state index is 10.7. The summed E-state index contributed by atoms with van der Waals surface area (Å²) in [6, 6.07) is 7.63. The van der Waals surface area contributed by atoms with E-state index in [1.54, 1.807) is 0 Å². The molecule has 3 nitrogen and oxygen atoms in total. The number of amides is 1. The van der Waals surface area contributed by atoms with Crippen LogP contribution in [0.15, 0.2) is 30.5 Å². The predicted octanol–water partition coefficient (Wildman–Crippen LogP) is 2.95. The van der Waals surface area contributed by atoms with Gasteiger partial charge < -0.3 is 9.88 Å². The van der Waals surface area contributed by atoms with Crippen molar-refractivity contribution in [1.29, 1.82) is 0 Å². The van der Waals surface area contributed by atoms with Gasteiger partial charge in [-0.25, -0.2) is 0 Å². The summed E-state index contributed by atoms with van der Waals surface area (Å²) in [6.45, 7) is 0. The van der Waals surface area contributed by atoms with Crippen LogP contribution in [0.1, 0.15) is 0 Å². The molecule has 0 spiro atoms. The second-order valence-electron chi connectivity index (χ2n) is 3.06. The molecule has 1 aromatic carbocycles. The van der Waals surface area contributed by atoms with Crippen molar-refractivity contribution in [1.82, 2.24) is 4.57 Å². The average molecular weight is 209 g/mol. The lowest BCUT2D eigenvalue weighted by Crippen LogP contribution is -2.00. The molecule has 4 heteroatoms. The number of hydrogen-bond acceptors (Lipinski definition) is 1. The number of carbonyl (C=O) groups excluding carboxylic acids is 1. The molecular formula is C10H9ClN2O. The fourth-order valence-electron chi connectivity index (χ4n) is 1.52. The van der Waals surface area contributed by atoms with E-state index in [0.29, 0.717) is 0 Å². The number of halogens is 1. The largest absolute Gasteiger partial charge is 0.350 e. The molecule has 2 rings (SSSR count). The molecular weight excluding hydrogens is 200 g/mol. The van der Waals surface area contributed by atoms with Crippen LogP contribution in [0.5, 0.6) is 0 Å². The first kappa shape index (κ1) is 9.09. The second kappa shape index (κ2) is 3.35. The molecule has 0 bridgehead atoms. The Kier molecular flexibility index (Phi) is 2.17. The molecule has 72 valence electrons. The van der Waals surface area contributed by atoms with Crippen molar-refractivity contribution in [2.75, 3.05) is 5.32 Å². The summed E-state index contributed by atoms with van der Waals surface area (Å²) >= 11 is 5.26. The Morgan fingerprint density at radius 2 is 2.21 bits per heavy atom. The highest BCUT2D eigenvalue weighted by atomic mass is 35.5. The number of aryl methyl sites for hydroxylation is 1. The summed E-state index contributed by atoms with van der Waals surface area (Å²) in [5, 5.41) is 3.00. The molecule has 1 heterocycles. The van der Waals surface area contributed by atoms with Crippen LogP contribution in [-0.4, -0.2) is 9.93 Å². The van der Waals surface area contributed by atoms with Crippen LogP contribution < -0.4 is 5.32 Å². The van der Waals surface area contributed by atoms with Gasteiger partial charge in [0.15, 0.2) is 0 Å². The summed E-state index contributed by atoms with van der Waals surface area (Å²) in [5.41, 5.74) is 1.80. The minimum atomic E-state index is -0.568. The number of hydrogen-bond donors (Lipinski definition) is 1. The van der Waals surface area contributed by atoms with E-state index in [4.69, 9.17) is 11.6 Å². The van der Waals surface area contributed by atoms with Gasteiger partial charge in [-0.3, -0.25) is 4.79 Å². The van der Waals surface area contributed by atoms with Crippen LogP contribution in [0.25, 0.3) is 10.9 Å². The van der Waals surface area contributed by atoms with Crippen molar-refractivity contribution >= 4 is 33.6 Å². The number of aromatic nitrogens is 1. The Hall–Kier alpha value is -1.48. The molecule has 0 aliphatic rings. The number of anilines is 1. The van der Waals surface area contributed by atoms with Gasteiger partial charge in [0.25, 0.3) is 0 Å². The van der Waals surface area contributed by atoms with Gasteiger partial charge in [-0.15, -0.1) is 0 Å². The number of nitrogens with one attached hydrogen (secondary N) is 1. The Bertz CT molecular complexity index is 490. The molecule has 0 saturated carbocycles. The lowest BCUT2D eigenvalue weighted by molar-refractivity contribution is 0.269. The van der Waals surface area contributed by atoms with Gasteiger partial charge in [0, 0.05) is 24.1 Å². The van der Waals surface area contributed by atoms with E-state index in [1.165, 1.54) is 0 Å². The first-order valence-corrected chi connectivity index (χ1v) is 4.57. The standard InChI is InChI=1S/C10H9ClN2O/c1-13-6-5-7-8(12-10(11)14)3-2-4-9(7)13/h2-6H,1H3,(H,12,14). The SMILES string of the molecule is Cn1ccc2c(NC(=O)Cl)cccc21. The van der Waals surface area contributed by atoms with E-state index in [9.17, 15) is 4.79 Å². The summed E-state index contributed by atoms with van der Waals surface area (Å²) in [6.07, 6.45) is 1.94. The molecule has 0 radical (unpaired) electrons. The quantitative estimate of drug-likeness (QED) is 0.568. The van der Waals surface area contributed by atoms with E-state index in [0.717, 1.165) is 16.6 Å². The number of rotatable bonds is 1. The zero-order valence-corrected chi connectivity index (χ0v) is 8.38. The highest BCUT2D eigenvalue weighted by molar-refractivity contribution is 6.65. The van der Waals surface area contributed by atoms with Crippen molar-refractivity contribution in [3.8, 4) is 0 Å². The summed E-state index contributed by atoms with van der Waals surface area (Å²) in [7, 11) is 1.95. The summed E-state index contributed by atoms with van der Waals surface area (Å²) in [4.78, 5) is 10.7. The third kappa shape index (κ3) is 1.46. The average Bonchev–Trinajstić information content (AvgIpc) is 2.49. The molecule has 0 atom stereocenters. The van der Waals surface area contributed by atoms with Crippen molar-refractivity contribution in [2.24, 2.45) is 7.05 Å². The molecule has 0 unspecified atom stereocenters. The Morgan fingerprint density at radius 1 is 1.43 bits per heavy atom. The fraction of sp³-hybridized carbons (Fsp3) is 0.100. The Balaban J connectivity index is 2.59. The van der Waals surface area contributed by atoms with Crippen LogP contribution in [0.2, 0.25) is 0 Å². The van der Waals surface area contributed by atoms with Crippen molar-refractivity contribution in [3.05, 3.63) is 30.5 Å². The smallest absolute Gasteiger partial charge is 0.318 e. The van der Waals surface area contributed by atoms with Crippen LogP contribution in [0.3, 0.4) is 0 Å². The van der Waals surface area contributed by atoms with Crippen molar-refractivity contribution in [2.45, 2.75) is 0 Å². The van der Waals surface area contributed by atoms with Crippen LogP contribution in [0.4, 0.5) is 10.5 Å². The third-order valence-electron chi connectivity index (χ3n) is 2.16. The maximum absolute atomic E-state index is 10.7. The van der Waals surface area contributed by atoms with Gasteiger partial charge in [-0.1, -0.05) is 6.07 Å². The molecule has 0 aliphatic heterocycles. The van der Waals surface area contributed by atoms with Crippen LogP contribution in [-0.2, 0) is 7.05 Å². The van der Waals surface area contributed by atoms with Crippen LogP contribution >= 0.6 is 11.6 Å². The third-order valence-corrected chi connectivity index (χ3v) is 2.26. The molecule has 2 aromatic rings. The summed E-state index contributed by atoms with van der Waals surface area (Å²) in [5.74, 6) is 0. The Morgan fingerprint density at radius 3 is 2.93 bits per heavy atom. The fourth-order valence-corrected chi connectivity index (χ4v) is 1.62. The summed E-state index contributed by atoms with van der Waals surface area (Å²) < 4.78 is 1.99. The minimum absolute atomic E-state index is 0.568. The number of fused-ring (bicyclic) bond motifs is 1. The maximum Gasteiger partial charge on any atom is 0.318 e. The molecule has 14 heavy (non-hydrogen) atoms. The first-order chi connectivity index (χ1) is 6.68. The highest BCUT2D eigenvalue weighted by Gasteiger charge is 2.04. The lowest BCUT2D eigenvalue weighted by atomic mass is 10.2.